The predicted molar refractivity (Wildman–Crippen MR) is 56.0 cm³/mol. The van der Waals surface area contributed by atoms with E-state index in [0.717, 1.165) is 19.4 Å². The van der Waals surface area contributed by atoms with Crippen LogP contribution in [0.3, 0.4) is 0 Å². The Balaban J connectivity index is 2.27. The second kappa shape index (κ2) is 3.38. The van der Waals surface area contributed by atoms with E-state index in [2.05, 4.69) is 30.4 Å². The minimum Gasteiger partial charge on any atom is -0.381 e. The monoisotopic (exact) mass is 176 g/mol. The zero-order valence-electron chi connectivity index (χ0n) is 8.01. The van der Waals surface area contributed by atoms with Crippen molar-refractivity contribution in [2.45, 2.75) is 25.8 Å². The van der Waals surface area contributed by atoms with E-state index < -0.39 is 0 Å². The maximum absolute atomic E-state index is 5.64. The van der Waals surface area contributed by atoms with Crippen LogP contribution in [-0.2, 0) is 6.42 Å². The van der Waals surface area contributed by atoms with Gasteiger partial charge in [0.1, 0.15) is 0 Å². The Bertz CT molecular complexity index is 307. The smallest absolute Gasteiger partial charge is 0.0387 e. The lowest BCUT2D eigenvalue weighted by Gasteiger charge is -2.26. The Morgan fingerprint density at radius 3 is 3.15 bits per heavy atom. The van der Waals surface area contributed by atoms with E-state index in [1.807, 2.05) is 0 Å². The van der Waals surface area contributed by atoms with Crippen LogP contribution in [0.2, 0.25) is 0 Å². The third-order valence-electron chi connectivity index (χ3n) is 2.67. The first-order valence-electron chi connectivity index (χ1n) is 4.86. The first kappa shape index (κ1) is 8.57. The number of fused-ring (bicyclic) bond motifs is 1. The van der Waals surface area contributed by atoms with Gasteiger partial charge in [-0.05, 0) is 37.0 Å². The molecule has 0 aromatic heterocycles. The minimum atomic E-state index is 0.467. The Hall–Kier alpha value is -1.02. The van der Waals surface area contributed by atoms with Crippen molar-refractivity contribution in [2.24, 2.45) is 5.73 Å². The number of hydrogen-bond donors (Lipinski definition) is 2. The molecule has 70 valence electrons. The van der Waals surface area contributed by atoms with Crippen molar-refractivity contribution >= 4 is 5.69 Å². The van der Waals surface area contributed by atoms with Crippen LogP contribution in [0.25, 0.3) is 0 Å². The molecule has 0 spiro atoms. The number of anilines is 1. The van der Waals surface area contributed by atoms with Crippen LogP contribution < -0.4 is 11.1 Å². The highest BCUT2D eigenvalue weighted by atomic mass is 14.9. The topological polar surface area (TPSA) is 38.0 Å². The Kier molecular flexibility index (Phi) is 2.23. The fourth-order valence-electron chi connectivity index (χ4n) is 1.84. The first-order valence-corrected chi connectivity index (χ1v) is 4.86. The summed E-state index contributed by atoms with van der Waals surface area (Å²) in [6.45, 7) is 2.85. The van der Waals surface area contributed by atoms with Gasteiger partial charge in [0.05, 0.1) is 0 Å². The number of rotatable bonds is 1. The van der Waals surface area contributed by atoms with Gasteiger partial charge < -0.3 is 11.1 Å². The molecule has 1 aliphatic rings. The second-order valence-corrected chi connectivity index (χ2v) is 3.78. The summed E-state index contributed by atoms with van der Waals surface area (Å²) in [4.78, 5) is 0. The average molecular weight is 176 g/mol. The molecule has 0 saturated carbocycles. The summed E-state index contributed by atoms with van der Waals surface area (Å²) in [6.07, 6.45) is 2.32. The van der Waals surface area contributed by atoms with Gasteiger partial charge in [-0.25, -0.2) is 0 Å². The number of aryl methyl sites for hydroxylation is 2. The van der Waals surface area contributed by atoms with Gasteiger partial charge in [0.2, 0.25) is 0 Å². The Morgan fingerprint density at radius 2 is 2.38 bits per heavy atom. The van der Waals surface area contributed by atoms with Crippen LogP contribution in [0, 0.1) is 6.92 Å². The first-order chi connectivity index (χ1) is 6.29. The molecule has 0 fully saturated rings. The maximum atomic E-state index is 5.64. The van der Waals surface area contributed by atoms with Crippen molar-refractivity contribution in [1.82, 2.24) is 0 Å². The van der Waals surface area contributed by atoms with Crippen LogP contribution in [0.4, 0.5) is 5.69 Å². The van der Waals surface area contributed by atoms with Crippen LogP contribution in [0.1, 0.15) is 17.5 Å². The fraction of sp³-hybridized carbons (Fsp3) is 0.455. The van der Waals surface area contributed by atoms with Gasteiger partial charge in [0.25, 0.3) is 0 Å². The van der Waals surface area contributed by atoms with Crippen LogP contribution >= 0.6 is 0 Å². The zero-order valence-corrected chi connectivity index (χ0v) is 8.01. The summed E-state index contributed by atoms with van der Waals surface area (Å²) in [7, 11) is 0. The molecule has 2 nitrogen and oxygen atoms in total. The van der Waals surface area contributed by atoms with E-state index in [1.54, 1.807) is 0 Å². The van der Waals surface area contributed by atoms with E-state index in [0.29, 0.717) is 6.04 Å². The Labute approximate surface area is 79.1 Å². The zero-order chi connectivity index (χ0) is 9.26. The third kappa shape index (κ3) is 1.68. The molecular weight excluding hydrogens is 160 g/mol. The molecule has 0 bridgehead atoms. The molecule has 0 amide bonds. The number of benzene rings is 1. The predicted octanol–water partition coefficient (Wildman–Crippen LogP) is 1.68. The lowest BCUT2D eigenvalue weighted by molar-refractivity contribution is 0.639. The van der Waals surface area contributed by atoms with Crippen molar-refractivity contribution in [3.05, 3.63) is 29.3 Å². The third-order valence-corrected chi connectivity index (χ3v) is 2.67. The van der Waals surface area contributed by atoms with Gasteiger partial charge in [0, 0.05) is 18.3 Å². The van der Waals surface area contributed by atoms with Crippen LogP contribution in [-0.4, -0.2) is 12.6 Å². The molecule has 1 aromatic rings. The fourth-order valence-corrected chi connectivity index (χ4v) is 1.84. The van der Waals surface area contributed by atoms with E-state index in [9.17, 15) is 0 Å². The van der Waals surface area contributed by atoms with Crippen molar-refractivity contribution in [1.29, 1.82) is 0 Å². The molecule has 0 aliphatic carbocycles. The quantitative estimate of drug-likeness (QED) is 0.683. The highest BCUT2D eigenvalue weighted by Crippen LogP contribution is 2.25. The van der Waals surface area contributed by atoms with Crippen molar-refractivity contribution in [2.75, 3.05) is 11.9 Å². The molecule has 2 heteroatoms. The maximum Gasteiger partial charge on any atom is 0.0387 e. The summed E-state index contributed by atoms with van der Waals surface area (Å²) in [5.41, 5.74) is 9.65. The minimum absolute atomic E-state index is 0.467. The molecule has 0 radical (unpaired) electrons. The van der Waals surface area contributed by atoms with Gasteiger partial charge in [-0.15, -0.1) is 0 Å². The van der Waals surface area contributed by atoms with Gasteiger partial charge in [0.15, 0.2) is 0 Å². The Morgan fingerprint density at radius 1 is 1.54 bits per heavy atom. The lowest BCUT2D eigenvalue weighted by Crippen LogP contribution is -2.32. The van der Waals surface area contributed by atoms with Gasteiger partial charge >= 0.3 is 0 Å². The molecule has 3 N–H and O–H groups in total. The van der Waals surface area contributed by atoms with E-state index in [-0.39, 0.29) is 0 Å². The van der Waals surface area contributed by atoms with Gasteiger partial charge in [-0.3, -0.25) is 0 Å². The summed E-state index contributed by atoms with van der Waals surface area (Å²) < 4.78 is 0. The summed E-state index contributed by atoms with van der Waals surface area (Å²) in [5, 5.41) is 3.46. The highest BCUT2D eigenvalue weighted by Gasteiger charge is 2.15. The number of nitrogens with one attached hydrogen (secondary N) is 1. The molecule has 1 atom stereocenters. The molecule has 1 aliphatic heterocycles. The number of hydrogen-bond acceptors (Lipinski definition) is 2. The lowest BCUT2D eigenvalue weighted by atomic mass is 9.97. The summed E-state index contributed by atoms with van der Waals surface area (Å²) >= 11 is 0. The highest BCUT2D eigenvalue weighted by molar-refractivity contribution is 5.55. The van der Waals surface area contributed by atoms with Crippen LogP contribution in [0.15, 0.2) is 18.2 Å². The summed E-state index contributed by atoms with van der Waals surface area (Å²) in [6, 6.07) is 7.06. The van der Waals surface area contributed by atoms with Crippen molar-refractivity contribution in [3.63, 3.8) is 0 Å². The number of nitrogens with two attached hydrogens (primary N) is 1. The van der Waals surface area contributed by atoms with Gasteiger partial charge in [-0.2, -0.15) is 0 Å². The van der Waals surface area contributed by atoms with E-state index >= 15 is 0 Å². The largest absolute Gasteiger partial charge is 0.381 e. The average Bonchev–Trinajstić information content (AvgIpc) is 2.16. The molecule has 1 aromatic carbocycles. The van der Waals surface area contributed by atoms with Crippen LogP contribution in [0.5, 0.6) is 0 Å². The molecule has 1 heterocycles. The van der Waals surface area contributed by atoms with Crippen molar-refractivity contribution < 1.29 is 0 Å². The summed E-state index contributed by atoms with van der Waals surface area (Å²) in [5.74, 6) is 0. The normalized spacial score (nSPS) is 20.6. The SMILES string of the molecule is Cc1ccc2c(c1)NC(CN)CC2. The molecule has 2 rings (SSSR count). The van der Waals surface area contributed by atoms with E-state index in [1.165, 1.54) is 16.8 Å². The standard InChI is InChI=1S/C11H16N2/c1-8-2-3-9-4-5-10(7-12)13-11(9)6-8/h2-3,6,10,13H,4-5,7,12H2,1H3. The molecular formula is C11H16N2. The molecule has 0 saturated heterocycles. The second-order valence-electron chi connectivity index (χ2n) is 3.78. The molecule has 13 heavy (non-hydrogen) atoms. The van der Waals surface area contributed by atoms with E-state index in [4.69, 9.17) is 5.73 Å². The van der Waals surface area contributed by atoms with Crippen molar-refractivity contribution in [3.8, 4) is 0 Å². The van der Waals surface area contributed by atoms with Gasteiger partial charge in [-0.1, -0.05) is 12.1 Å². The molecule has 1 unspecified atom stereocenters.